The minimum absolute atomic E-state index is 0.195. The van der Waals surface area contributed by atoms with Crippen molar-refractivity contribution in [1.29, 1.82) is 0 Å². The number of rotatable bonds is 2. The van der Waals surface area contributed by atoms with Gasteiger partial charge in [-0.05, 0) is 42.0 Å². The maximum Gasteiger partial charge on any atom is 0.349 e. The Morgan fingerprint density at radius 2 is 1.46 bits per heavy atom. The number of esters is 2. The number of halogens is 2. The number of carbonyl (C=O) groups excluding carboxylic acids is 2. The van der Waals surface area contributed by atoms with Crippen molar-refractivity contribution in [2.24, 2.45) is 0 Å². The molecule has 0 unspecified atom stereocenters. The van der Waals surface area contributed by atoms with Crippen molar-refractivity contribution in [3.8, 4) is 0 Å². The third kappa shape index (κ3) is 3.52. The molecule has 0 bridgehead atoms. The molecule has 5 nitrogen and oxygen atoms in total. The van der Waals surface area contributed by atoms with Gasteiger partial charge in [-0.25, -0.2) is 9.59 Å². The Balaban J connectivity index is 1.97. The quantitative estimate of drug-likeness (QED) is 0.258. The molecule has 0 N–H and O–H groups in total. The van der Waals surface area contributed by atoms with Crippen LogP contribution in [0.25, 0.3) is 16.5 Å². The van der Waals surface area contributed by atoms with Crippen LogP contribution in [0, 0.1) is 0 Å². The van der Waals surface area contributed by atoms with Gasteiger partial charge < -0.3 is 13.9 Å². The second kappa shape index (κ2) is 6.90. The predicted molar refractivity (Wildman–Crippen MR) is 110 cm³/mol. The molecular formula is C21H14Br2O5. The Morgan fingerprint density at radius 3 is 2.11 bits per heavy atom. The Labute approximate surface area is 177 Å². The van der Waals surface area contributed by atoms with Gasteiger partial charge in [0.2, 0.25) is 0 Å². The fourth-order valence-electron chi connectivity index (χ4n) is 3.02. The van der Waals surface area contributed by atoms with E-state index in [9.17, 15) is 9.59 Å². The topological polar surface area (TPSA) is 65.7 Å². The van der Waals surface area contributed by atoms with E-state index in [1.54, 1.807) is 18.2 Å². The molecule has 3 aromatic rings. The van der Waals surface area contributed by atoms with Gasteiger partial charge >= 0.3 is 11.9 Å². The summed E-state index contributed by atoms with van der Waals surface area (Å²) in [5, 5.41) is 0.831. The van der Waals surface area contributed by atoms with E-state index in [1.807, 2.05) is 30.3 Å². The average molecular weight is 506 g/mol. The second-order valence-corrected chi connectivity index (χ2v) is 8.56. The van der Waals surface area contributed by atoms with Crippen LogP contribution in [0.4, 0.5) is 0 Å². The van der Waals surface area contributed by atoms with E-state index in [4.69, 9.17) is 13.9 Å². The lowest BCUT2D eigenvalue weighted by Gasteiger charge is -2.30. The summed E-state index contributed by atoms with van der Waals surface area (Å²) in [4.78, 5) is 25.4. The summed E-state index contributed by atoms with van der Waals surface area (Å²) in [6, 6.07) is 14.6. The standard InChI is InChI=1S/C21H14Br2O5/c1-21(2)27-19(24)18(20(25)28-21)17(11-3-5-13(22)6-4-11)16-10-12-9-14(23)7-8-15(12)26-16/h3-10H,1-2H3. The Hall–Kier alpha value is -2.38. The molecule has 7 heteroatoms. The first-order chi connectivity index (χ1) is 13.2. The maximum absolute atomic E-state index is 12.7. The molecule has 28 heavy (non-hydrogen) atoms. The summed E-state index contributed by atoms with van der Waals surface area (Å²) < 4.78 is 18.3. The van der Waals surface area contributed by atoms with Crippen LogP contribution in [-0.4, -0.2) is 17.7 Å². The van der Waals surface area contributed by atoms with Gasteiger partial charge in [0.05, 0.1) is 0 Å². The molecule has 0 spiro atoms. The molecule has 0 aliphatic carbocycles. The number of ether oxygens (including phenoxy) is 2. The third-order valence-corrected chi connectivity index (χ3v) is 5.21. The molecule has 142 valence electrons. The van der Waals surface area contributed by atoms with Gasteiger partial charge in [-0.15, -0.1) is 0 Å². The van der Waals surface area contributed by atoms with Crippen molar-refractivity contribution < 1.29 is 23.5 Å². The normalized spacial score (nSPS) is 16.1. The lowest BCUT2D eigenvalue weighted by molar-refractivity contribution is -0.222. The summed E-state index contributed by atoms with van der Waals surface area (Å²) in [6.45, 7) is 3.02. The summed E-state index contributed by atoms with van der Waals surface area (Å²) in [5.41, 5.74) is 1.39. The number of furan rings is 1. The van der Waals surface area contributed by atoms with Crippen molar-refractivity contribution in [3.05, 3.63) is 74.4 Å². The smallest absolute Gasteiger partial charge is 0.349 e. The highest BCUT2D eigenvalue weighted by Crippen LogP contribution is 2.36. The van der Waals surface area contributed by atoms with Gasteiger partial charge in [0, 0.05) is 33.8 Å². The molecule has 1 aliphatic rings. The van der Waals surface area contributed by atoms with Gasteiger partial charge in [-0.1, -0.05) is 44.0 Å². The summed E-state index contributed by atoms with van der Waals surface area (Å²) in [7, 11) is 0. The molecule has 2 aromatic carbocycles. The molecular weight excluding hydrogens is 492 g/mol. The fourth-order valence-corrected chi connectivity index (χ4v) is 3.66. The molecule has 4 rings (SSSR count). The van der Waals surface area contributed by atoms with Crippen LogP contribution in [-0.2, 0) is 19.1 Å². The first-order valence-corrected chi connectivity index (χ1v) is 9.98. The summed E-state index contributed by atoms with van der Waals surface area (Å²) >= 11 is 6.83. The van der Waals surface area contributed by atoms with Gasteiger partial charge in [0.15, 0.2) is 5.57 Å². The first kappa shape index (κ1) is 19.0. The van der Waals surface area contributed by atoms with Gasteiger partial charge in [-0.2, -0.15) is 0 Å². The van der Waals surface area contributed by atoms with Gasteiger partial charge in [-0.3, -0.25) is 0 Å². The molecule has 1 aliphatic heterocycles. The molecule has 0 atom stereocenters. The Morgan fingerprint density at radius 1 is 0.857 bits per heavy atom. The van der Waals surface area contributed by atoms with Crippen LogP contribution in [0.3, 0.4) is 0 Å². The SMILES string of the molecule is CC1(C)OC(=O)C(=C(c2ccc(Br)cc2)c2cc3cc(Br)ccc3o2)C(=O)O1. The highest BCUT2D eigenvalue weighted by atomic mass is 79.9. The lowest BCUT2D eigenvalue weighted by atomic mass is 9.96. The zero-order valence-corrected chi connectivity index (χ0v) is 18.1. The van der Waals surface area contributed by atoms with E-state index < -0.39 is 17.7 Å². The Bertz CT molecular complexity index is 1120. The van der Waals surface area contributed by atoms with Crippen LogP contribution < -0.4 is 0 Å². The lowest BCUT2D eigenvalue weighted by Crippen LogP contribution is -2.42. The van der Waals surface area contributed by atoms with E-state index in [1.165, 1.54) is 13.8 Å². The van der Waals surface area contributed by atoms with Crippen molar-refractivity contribution in [2.45, 2.75) is 19.6 Å². The van der Waals surface area contributed by atoms with Crippen LogP contribution in [0.15, 0.2) is 67.5 Å². The van der Waals surface area contributed by atoms with Crippen molar-refractivity contribution >= 4 is 60.3 Å². The molecule has 0 amide bonds. The molecule has 0 radical (unpaired) electrons. The molecule has 0 saturated carbocycles. The monoisotopic (exact) mass is 504 g/mol. The Kier molecular flexibility index (Phi) is 4.67. The maximum atomic E-state index is 12.7. The van der Waals surface area contributed by atoms with Crippen molar-refractivity contribution in [3.63, 3.8) is 0 Å². The highest BCUT2D eigenvalue weighted by molar-refractivity contribution is 9.10. The molecule has 1 fully saturated rings. The average Bonchev–Trinajstić information content (AvgIpc) is 3.00. The summed E-state index contributed by atoms with van der Waals surface area (Å²) in [6.07, 6.45) is 0. The van der Waals surface area contributed by atoms with Crippen LogP contribution in [0.2, 0.25) is 0 Å². The van der Waals surface area contributed by atoms with E-state index in [-0.39, 0.29) is 5.57 Å². The molecule has 1 aromatic heterocycles. The zero-order valence-electron chi connectivity index (χ0n) is 14.9. The highest BCUT2D eigenvalue weighted by Gasteiger charge is 2.41. The fraction of sp³-hybridized carbons (Fsp3) is 0.143. The van der Waals surface area contributed by atoms with Gasteiger partial charge in [0.1, 0.15) is 11.3 Å². The van der Waals surface area contributed by atoms with Crippen LogP contribution in [0.5, 0.6) is 0 Å². The first-order valence-electron chi connectivity index (χ1n) is 8.40. The zero-order chi connectivity index (χ0) is 20.1. The number of carbonyl (C=O) groups is 2. The third-order valence-electron chi connectivity index (χ3n) is 4.19. The number of cyclic esters (lactones) is 2. The molecule has 2 heterocycles. The predicted octanol–water partition coefficient (Wildman–Crippen LogP) is 5.60. The van der Waals surface area contributed by atoms with Crippen molar-refractivity contribution in [1.82, 2.24) is 0 Å². The van der Waals surface area contributed by atoms with Crippen LogP contribution >= 0.6 is 31.9 Å². The van der Waals surface area contributed by atoms with E-state index in [2.05, 4.69) is 31.9 Å². The van der Waals surface area contributed by atoms with E-state index in [0.29, 0.717) is 22.5 Å². The summed E-state index contributed by atoms with van der Waals surface area (Å²) in [5.74, 6) is -2.44. The number of hydrogen-bond donors (Lipinski definition) is 0. The number of benzene rings is 2. The number of fused-ring (bicyclic) bond motifs is 1. The van der Waals surface area contributed by atoms with Gasteiger partial charge in [0.25, 0.3) is 5.79 Å². The molecule has 1 saturated heterocycles. The number of hydrogen-bond acceptors (Lipinski definition) is 5. The van der Waals surface area contributed by atoms with Crippen molar-refractivity contribution in [2.75, 3.05) is 0 Å². The minimum Gasteiger partial charge on any atom is -0.456 e. The van der Waals surface area contributed by atoms with E-state index in [0.717, 1.165) is 14.3 Å². The second-order valence-electron chi connectivity index (χ2n) is 6.73. The largest absolute Gasteiger partial charge is 0.456 e. The van der Waals surface area contributed by atoms with Crippen LogP contribution in [0.1, 0.15) is 25.2 Å². The minimum atomic E-state index is -1.32. The van der Waals surface area contributed by atoms with E-state index >= 15 is 0 Å².